The molecule has 1 aromatic heterocycles. The van der Waals surface area contributed by atoms with E-state index in [9.17, 15) is 18.0 Å². The zero-order valence-electron chi connectivity index (χ0n) is 19.8. The van der Waals surface area contributed by atoms with Gasteiger partial charge in [-0.25, -0.2) is 9.29 Å². The predicted octanol–water partition coefficient (Wildman–Crippen LogP) is 4.20. The number of piperazine rings is 1. The molecule has 1 saturated heterocycles. The Bertz CT molecular complexity index is 937. The van der Waals surface area contributed by atoms with E-state index in [0.717, 1.165) is 43.9 Å². The Hall–Kier alpha value is -1.32. The van der Waals surface area contributed by atoms with Gasteiger partial charge in [0.25, 0.3) is 0 Å². The van der Waals surface area contributed by atoms with Crippen molar-refractivity contribution in [2.45, 2.75) is 45.3 Å². The maximum atomic E-state index is 13.0. The molecule has 4 fully saturated rings. The zero-order valence-corrected chi connectivity index (χ0v) is 20.6. The van der Waals surface area contributed by atoms with Crippen molar-refractivity contribution in [1.29, 1.82) is 0 Å². The average Bonchev–Trinajstić information content (AvgIpc) is 3.16. The molecule has 4 atom stereocenters. The number of nitrogens with zero attached hydrogens (tertiary/aromatic N) is 4. The van der Waals surface area contributed by atoms with E-state index in [1.165, 1.54) is 12.5 Å². The highest BCUT2D eigenvalue weighted by Gasteiger charge is 2.88. The van der Waals surface area contributed by atoms with Crippen molar-refractivity contribution >= 4 is 23.5 Å². The summed E-state index contributed by atoms with van der Waals surface area (Å²) < 4.78 is 41.1. The summed E-state index contributed by atoms with van der Waals surface area (Å²) in [7, 11) is 4.07. The smallest absolute Gasteiger partial charge is 0.354 e. The van der Waals surface area contributed by atoms with Crippen molar-refractivity contribution < 1.29 is 18.0 Å². The highest BCUT2D eigenvalue weighted by molar-refractivity contribution is 7.97. The molecule has 3 unspecified atom stereocenters. The predicted molar refractivity (Wildman–Crippen MR) is 124 cm³/mol. The van der Waals surface area contributed by atoms with Gasteiger partial charge >= 0.3 is 6.18 Å². The largest absolute Gasteiger partial charge is 0.417 e. The molecule has 0 radical (unpaired) electrons. The third-order valence-electron chi connectivity index (χ3n) is 9.14. The minimum atomic E-state index is -4.38. The van der Waals surface area contributed by atoms with E-state index in [1.54, 1.807) is 0 Å². The van der Waals surface area contributed by atoms with Gasteiger partial charge in [-0.2, -0.15) is 13.2 Å². The SMILES string of the molecule is CN(C)CC1CN(c2ccc(C(F)(F)F)cn2)CCN1SCC12CCC13[C@H](CC2=O)C3(C)C. The Morgan fingerprint density at radius 2 is 1.97 bits per heavy atom. The number of pyridine rings is 1. The molecule has 5 nitrogen and oxygen atoms in total. The van der Waals surface area contributed by atoms with Gasteiger partial charge in [0.05, 0.1) is 11.6 Å². The Morgan fingerprint density at radius 3 is 2.55 bits per heavy atom. The highest BCUT2D eigenvalue weighted by atomic mass is 32.2. The second-order valence-corrected chi connectivity index (χ2v) is 12.1. The number of Topliss-reactive ketones (excluding diaryl/α,β-unsaturated/α-hetero) is 1. The standard InChI is InChI=1S/C24H33F3N4OS/c1-21(2)18-11-19(32)22(7-8-23(18,21)22)15-33-31-10-9-30(14-17(31)13-29(3)4)20-6-5-16(12-28-20)24(25,26)27/h5-6,12,17-18H,7-11,13-15H2,1-4H3/t17?,18-,22?,23?/m1/s1. The molecule has 1 aromatic rings. The number of ketones is 1. The summed E-state index contributed by atoms with van der Waals surface area (Å²) in [4.78, 5) is 21.3. The minimum absolute atomic E-state index is 0.152. The number of carbonyl (C=O) groups excluding carboxylic acids is 1. The van der Waals surface area contributed by atoms with E-state index in [-0.39, 0.29) is 22.3 Å². The first-order valence-corrected chi connectivity index (χ1v) is 12.7. The lowest BCUT2D eigenvalue weighted by Gasteiger charge is -2.51. The summed E-state index contributed by atoms with van der Waals surface area (Å²) in [6.07, 6.45) is -0.494. The molecule has 9 heteroatoms. The molecule has 3 saturated carbocycles. The van der Waals surface area contributed by atoms with Crippen LogP contribution in [0.4, 0.5) is 19.0 Å². The number of anilines is 1. The molecule has 3 aliphatic carbocycles. The van der Waals surface area contributed by atoms with Crippen LogP contribution in [0.15, 0.2) is 18.3 Å². The van der Waals surface area contributed by atoms with E-state index >= 15 is 0 Å². The molecule has 5 rings (SSSR count). The molecule has 33 heavy (non-hydrogen) atoms. The van der Waals surface area contributed by atoms with Gasteiger partial charge in [0, 0.05) is 50.0 Å². The first-order chi connectivity index (χ1) is 15.4. The van der Waals surface area contributed by atoms with E-state index < -0.39 is 11.7 Å². The number of hydrogen-bond acceptors (Lipinski definition) is 6. The minimum Gasteiger partial charge on any atom is -0.354 e. The van der Waals surface area contributed by atoms with Gasteiger partial charge in [0.2, 0.25) is 0 Å². The fourth-order valence-electron chi connectivity index (χ4n) is 7.31. The Labute approximate surface area is 198 Å². The van der Waals surface area contributed by atoms with Gasteiger partial charge in [-0.15, -0.1) is 0 Å². The summed E-state index contributed by atoms with van der Waals surface area (Å²) in [5.74, 6) is 2.48. The molecule has 1 aliphatic heterocycles. The Morgan fingerprint density at radius 1 is 1.21 bits per heavy atom. The normalized spacial score (nSPS) is 35.4. The first kappa shape index (κ1) is 23.4. The zero-order chi connectivity index (χ0) is 23.8. The molecule has 0 amide bonds. The monoisotopic (exact) mass is 482 g/mol. The van der Waals surface area contributed by atoms with Gasteiger partial charge < -0.3 is 9.80 Å². The van der Waals surface area contributed by atoms with Crippen molar-refractivity contribution in [2.24, 2.45) is 22.2 Å². The van der Waals surface area contributed by atoms with Gasteiger partial charge in [0.15, 0.2) is 0 Å². The van der Waals surface area contributed by atoms with Gasteiger partial charge in [-0.1, -0.05) is 25.8 Å². The molecular weight excluding hydrogens is 449 g/mol. The van der Waals surface area contributed by atoms with Crippen molar-refractivity contribution in [3.8, 4) is 0 Å². The van der Waals surface area contributed by atoms with Crippen molar-refractivity contribution in [3.63, 3.8) is 0 Å². The Balaban J connectivity index is 1.27. The molecule has 2 heterocycles. The maximum Gasteiger partial charge on any atom is 0.417 e. The van der Waals surface area contributed by atoms with Crippen LogP contribution in [0.25, 0.3) is 0 Å². The average molecular weight is 483 g/mol. The number of halogens is 3. The van der Waals surface area contributed by atoms with Crippen LogP contribution in [0.5, 0.6) is 0 Å². The summed E-state index contributed by atoms with van der Waals surface area (Å²) in [6, 6.07) is 2.79. The molecule has 182 valence electrons. The van der Waals surface area contributed by atoms with Crippen LogP contribution in [0.3, 0.4) is 0 Å². The lowest BCUT2D eigenvalue weighted by atomic mass is 9.55. The summed E-state index contributed by atoms with van der Waals surface area (Å²) in [5.41, 5.74) is -0.356. The summed E-state index contributed by atoms with van der Waals surface area (Å²) >= 11 is 1.82. The maximum absolute atomic E-state index is 13.0. The summed E-state index contributed by atoms with van der Waals surface area (Å²) in [5, 5.41) is 0. The van der Waals surface area contributed by atoms with Crippen LogP contribution in [-0.2, 0) is 11.0 Å². The topological polar surface area (TPSA) is 39.7 Å². The van der Waals surface area contributed by atoms with E-state index in [0.29, 0.717) is 30.6 Å². The quantitative estimate of drug-likeness (QED) is 0.566. The third-order valence-corrected chi connectivity index (χ3v) is 10.6. The van der Waals surface area contributed by atoms with Crippen LogP contribution < -0.4 is 4.90 Å². The highest BCUT2D eigenvalue weighted by Crippen LogP contribution is 2.89. The lowest BCUT2D eigenvalue weighted by molar-refractivity contribution is -0.138. The van der Waals surface area contributed by atoms with Crippen molar-refractivity contribution in [1.82, 2.24) is 14.2 Å². The molecular formula is C24H33F3N4OS. The van der Waals surface area contributed by atoms with Gasteiger partial charge in [0.1, 0.15) is 11.6 Å². The van der Waals surface area contributed by atoms with Gasteiger partial charge in [-0.3, -0.25) is 4.79 Å². The van der Waals surface area contributed by atoms with Gasteiger partial charge in [-0.05, 0) is 55.8 Å². The van der Waals surface area contributed by atoms with Crippen molar-refractivity contribution in [2.75, 3.05) is 50.9 Å². The number of rotatable bonds is 6. The molecule has 1 spiro atoms. The fourth-order valence-corrected chi connectivity index (χ4v) is 8.81. The summed E-state index contributed by atoms with van der Waals surface area (Å²) in [6.45, 7) is 7.71. The van der Waals surface area contributed by atoms with Crippen LogP contribution in [0, 0.1) is 22.2 Å². The third kappa shape index (κ3) is 3.36. The van der Waals surface area contributed by atoms with Crippen molar-refractivity contribution in [3.05, 3.63) is 23.9 Å². The molecule has 4 aliphatic rings. The number of carbonyl (C=O) groups is 1. The number of alkyl halides is 3. The van der Waals surface area contributed by atoms with E-state index in [1.807, 2.05) is 26.0 Å². The molecule has 0 aromatic carbocycles. The number of hydrogen-bond donors (Lipinski definition) is 0. The van der Waals surface area contributed by atoms with E-state index in [2.05, 4.69) is 32.9 Å². The second kappa shape index (κ2) is 7.59. The number of aromatic nitrogens is 1. The van der Waals surface area contributed by atoms with E-state index in [4.69, 9.17) is 0 Å². The molecule has 0 N–H and O–H groups in total. The lowest BCUT2D eigenvalue weighted by Crippen LogP contribution is -2.56. The van der Waals surface area contributed by atoms with Crippen LogP contribution in [0.2, 0.25) is 0 Å². The Kier molecular flexibility index (Phi) is 5.39. The van der Waals surface area contributed by atoms with Crippen LogP contribution in [-0.4, -0.2) is 72.0 Å². The van der Waals surface area contributed by atoms with Crippen LogP contribution >= 0.6 is 11.9 Å². The molecule has 0 bridgehead atoms. The second-order valence-electron chi connectivity index (χ2n) is 11.1. The fraction of sp³-hybridized carbons (Fsp3) is 0.750. The first-order valence-electron chi connectivity index (χ1n) is 11.8. The number of likely N-dealkylation sites (N-methyl/N-ethyl adjacent to an activating group) is 1. The van der Waals surface area contributed by atoms with Crippen LogP contribution in [0.1, 0.15) is 38.7 Å².